The van der Waals surface area contributed by atoms with Crippen molar-refractivity contribution in [1.82, 2.24) is 10.3 Å². The maximum absolute atomic E-state index is 12.4. The molecule has 0 aliphatic rings. The zero-order valence-corrected chi connectivity index (χ0v) is 15.3. The Bertz CT molecular complexity index is 828. The molecule has 0 aliphatic carbocycles. The van der Waals surface area contributed by atoms with Crippen LogP contribution in [0.25, 0.3) is 0 Å². The highest BCUT2D eigenvalue weighted by Gasteiger charge is 2.14. The molecule has 6 nitrogen and oxygen atoms in total. The molecule has 1 aromatic carbocycles. The maximum atomic E-state index is 12.4. The molecule has 1 aromatic heterocycles. The van der Waals surface area contributed by atoms with Gasteiger partial charge in [-0.3, -0.25) is 9.59 Å². The summed E-state index contributed by atoms with van der Waals surface area (Å²) in [5.74, 6) is 0.0658. The third kappa shape index (κ3) is 6.02. The number of anilines is 1. The average molecular weight is 377 g/mol. The Morgan fingerprint density at radius 1 is 1.22 bits per heavy atom. The number of nitrogens with zero attached hydrogens (tertiary/aromatic N) is 1. The minimum atomic E-state index is -2.54. The van der Waals surface area contributed by atoms with E-state index in [2.05, 4.69) is 15.6 Å². The fourth-order valence-corrected chi connectivity index (χ4v) is 2.44. The van der Waals surface area contributed by atoms with Gasteiger partial charge < -0.3 is 15.4 Å². The molecular weight excluding hydrogens is 356 g/mol. The van der Waals surface area contributed by atoms with Gasteiger partial charge >= 0.3 is 0 Å². The Balaban J connectivity index is 2.06. The molecule has 0 bridgehead atoms. The lowest BCUT2D eigenvalue weighted by Crippen LogP contribution is -2.27. The number of halogens is 2. The number of alkyl halides is 2. The molecule has 2 N–H and O–H groups in total. The van der Waals surface area contributed by atoms with Crippen LogP contribution in [0.15, 0.2) is 36.5 Å². The fraction of sp³-hybridized carbons (Fsp3) is 0.316. The van der Waals surface area contributed by atoms with E-state index in [1.165, 1.54) is 19.2 Å². The van der Waals surface area contributed by atoms with Crippen molar-refractivity contribution >= 4 is 17.6 Å². The second-order valence-electron chi connectivity index (χ2n) is 6.03. The number of carbonyl (C=O) groups is 2. The SMILES string of the molecule is CC(=O)Nc1cc(C(=O)NC(C)c2ccc(OCC(F)F)c(C)c2)ccn1. The summed E-state index contributed by atoms with van der Waals surface area (Å²) in [4.78, 5) is 27.5. The summed E-state index contributed by atoms with van der Waals surface area (Å²) in [6.07, 6.45) is -1.10. The van der Waals surface area contributed by atoms with Gasteiger partial charge in [0.05, 0.1) is 6.04 Å². The number of rotatable bonds is 7. The number of hydrogen-bond donors (Lipinski definition) is 2. The fourth-order valence-electron chi connectivity index (χ4n) is 2.44. The van der Waals surface area contributed by atoms with Gasteiger partial charge in [0.2, 0.25) is 5.91 Å². The summed E-state index contributed by atoms with van der Waals surface area (Å²) in [5, 5.41) is 5.37. The molecule has 0 fully saturated rings. The summed E-state index contributed by atoms with van der Waals surface area (Å²) in [6, 6.07) is 7.81. The Kier molecular flexibility index (Phi) is 6.81. The lowest BCUT2D eigenvalue weighted by atomic mass is 10.0. The normalized spacial score (nSPS) is 11.8. The molecular formula is C19H21F2N3O3. The van der Waals surface area contributed by atoms with E-state index in [4.69, 9.17) is 4.74 Å². The van der Waals surface area contributed by atoms with Crippen LogP contribution in [0.1, 0.15) is 41.4 Å². The molecule has 1 atom stereocenters. The molecule has 2 aromatic rings. The standard InChI is InChI=1S/C19H21F2N3O3/c1-11-8-14(4-5-16(11)27-10-17(20)21)12(2)23-19(26)15-6-7-22-18(9-15)24-13(3)25/h4-9,12,17H,10H2,1-3H3,(H,23,26)(H,22,24,25). The molecule has 0 radical (unpaired) electrons. The van der Waals surface area contributed by atoms with Gasteiger partial charge in [-0.05, 0) is 43.2 Å². The van der Waals surface area contributed by atoms with Crippen LogP contribution in [0.4, 0.5) is 14.6 Å². The van der Waals surface area contributed by atoms with Crippen LogP contribution in [0, 0.1) is 6.92 Å². The topological polar surface area (TPSA) is 80.3 Å². The molecule has 27 heavy (non-hydrogen) atoms. The largest absolute Gasteiger partial charge is 0.487 e. The highest BCUT2D eigenvalue weighted by Crippen LogP contribution is 2.23. The van der Waals surface area contributed by atoms with Crippen molar-refractivity contribution in [3.8, 4) is 5.75 Å². The van der Waals surface area contributed by atoms with E-state index in [1.54, 1.807) is 31.2 Å². The predicted molar refractivity (Wildman–Crippen MR) is 97.1 cm³/mol. The van der Waals surface area contributed by atoms with Crippen molar-refractivity contribution < 1.29 is 23.1 Å². The van der Waals surface area contributed by atoms with Crippen LogP contribution in [0.5, 0.6) is 5.75 Å². The van der Waals surface area contributed by atoms with Crippen LogP contribution in [0.2, 0.25) is 0 Å². The number of benzene rings is 1. The minimum absolute atomic E-state index is 0.280. The van der Waals surface area contributed by atoms with E-state index in [0.717, 1.165) is 5.56 Å². The van der Waals surface area contributed by atoms with E-state index in [1.807, 2.05) is 6.92 Å². The summed E-state index contributed by atoms with van der Waals surface area (Å²) < 4.78 is 29.6. The number of aromatic nitrogens is 1. The first-order valence-corrected chi connectivity index (χ1v) is 8.32. The van der Waals surface area contributed by atoms with Crippen molar-refractivity contribution in [3.05, 3.63) is 53.2 Å². The monoisotopic (exact) mass is 377 g/mol. The highest BCUT2D eigenvalue weighted by molar-refractivity contribution is 5.96. The van der Waals surface area contributed by atoms with Gasteiger partial charge in [0.1, 0.15) is 18.2 Å². The zero-order chi connectivity index (χ0) is 20.0. The first-order valence-electron chi connectivity index (χ1n) is 8.32. The Labute approximate surface area is 155 Å². The van der Waals surface area contributed by atoms with Crippen LogP contribution in [-0.2, 0) is 4.79 Å². The molecule has 1 unspecified atom stereocenters. The molecule has 0 aliphatic heterocycles. The second-order valence-corrected chi connectivity index (χ2v) is 6.03. The van der Waals surface area contributed by atoms with Gasteiger partial charge in [0.15, 0.2) is 0 Å². The van der Waals surface area contributed by atoms with E-state index in [9.17, 15) is 18.4 Å². The molecule has 1 heterocycles. The van der Waals surface area contributed by atoms with Gasteiger partial charge in [-0.15, -0.1) is 0 Å². The molecule has 144 valence electrons. The first-order chi connectivity index (χ1) is 12.8. The van der Waals surface area contributed by atoms with E-state index >= 15 is 0 Å². The van der Waals surface area contributed by atoms with Gasteiger partial charge in [-0.2, -0.15) is 0 Å². The van der Waals surface area contributed by atoms with Crippen LogP contribution in [-0.4, -0.2) is 29.8 Å². The summed E-state index contributed by atoms with van der Waals surface area (Å²) in [6.45, 7) is 4.25. The first kappa shape index (κ1) is 20.3. The zero-order valence-electron chi connectivity index (χ0n) is 15.3. The van der Waals surface area contributed by atoms with Crippen molar-refractivity contribution in [3.63, 3.8) is 0 Å². The van der Waals surface area contributed by atoms with Crippen molar-refractivity contribution in [2.45, 2.75) is 33.2 Å². The van der Waals surface area contributed by atoms with Crippen LogP contribution < -0.4 is 15.4 Å². The van der Waals surface area contributed by atoms with Crippen molar-refractivity contribution in [2.24, 2.45) is 0 Å². The lowest BCUT2D eigenvalue weighted by Gasteiger charge is -2.17. The smallest absolute Gasteiger partial charge is 0.272 e. The number of pyridine rings is 1. The summed E-state index contributed by atoms with van der Waals surface area (Å²) >= 11 is 0. The number of ether oxygens (including phenoxy) is 1. The number of amides is 2. The lowest BCUT2D eigenvalue weighted by molar-refractivity contribution is -0.114. The average Bonchev–Trinajstić information content (AvgIpc) is 2.60. The highest BCUT2D eigenvalue weighted by atomic mass is 19.3. The van der Waals surface area contributed by atoms with Gasteiger partial charge in [-0.25, -0.2) is 13.8 Å². The predicted octanol–water partition coefficient (Wildman–Crippen LogP) is 3.48. The molecule has 0 saturated carbocycles. The molecule has 0 spiro atoms. The Morgan fingerprint density at radius 2 is 1.96 bits per heavy atom. The molecule has 2 rings (SSSR count). The number of nitrogens with one attached hydrogen (secondary N) is 2. The van der Waals surface area contributed by atoms with Gasteiger partial charge in [-0.1, -0.05) is 12.1 Å². The van der Waals surface area contributed by atoms with Crippen LogP contribution in [0.3, 0.4) is 0 Å². The van der Waals surface area contributed by atoms with Gasteiger partial charge in [0, 0.05) is 18.7 Å². The second kappa shape index (κ2) is 9.07. The summed E-state index contributed by atoms with van der Waals surface area (Å²) in [5.41, 5.74) is 1.86. The molecule has 2 amide bonds. The van der Waals surface area contributed by atoms with E-state index in [-0.39, 0.29) is 17.9 Å². The summed E-state index contributed by atoms with van der Waals surface area (Å²) in [7, 11) is 0. The maximum Gasteiger partial charge on any atom is 0.272 e. The van der Waals surface area contributed by atoms with Crippen molar-refractivity contribution in [2.75, 3.05) is 11.9 Å². The third-order valence-corrected chi connectivity index (χ3v) is 3.74. The number of aryl methyl sites for hydroxylation is 1. The Morgan fingerprint density at radius 3 is 2.59 bits per heavy atom. The molecule has 0 saturated heterocycles. The van der Waals surface area contributed by atoms with E-state index < -0.39 is 13.0 Å². The Hall–Kier alpha value is -3.03. The third-order valence-electron chi connectivity index (χ3n) is 3.74. The van der Waals surface area contributed by atoms with Gasteiger partial charge in [0.25, 0.3) is 12.3 Å². The molecule has 8 heteroatoms. The van der Waals surface area contributed by atoms with Crippen LogP contribution >= 0.6 is 0 Å². The number of carbonyl (C=O) groups excluding carboxylic acids is 2. The number of hydrogen-bond acceptors (Lipinski definition) is 4. The van der Waals surface area contributed by atoms with Crippen molar-refractivity contribution in [1.29, 1.82) is 0 Å². The minimum Gasteiger partial charge on any atom is -0.487 e. The quantitative estimate of drug-likeness (QED) is 0.774. The van der Waals surface area contributed by atoms with E-state index in [0.29, 0.717) is 22.7 Å².